The Labute approximate surface area is 161 Å². The Kier molecular flexibility index (Phi) is 4.77. The average Bonchev–Trinajstić information content (AvgIpc) is 3.12. The van der Waals surface area contributed by atoms with Crippen LogP contribution in [-0.4, -0.2) is 37.9 Å². The first-order valence-electron chi connectivity index (χ1n) is 8.69. The Balaban J connectivity index is 1.69. The number of hydrogen-bond donors (Lipinski definition) is 1. The first kappa shape index (κ1) is 17.7. The summed E-state index contributed by atoms with van der Waals surface area (Å²) in [7, 11) is 1.66. The van der Waals surface area contributed by atoms with Gasteiger partial charge in [-0.25, -0.2) is 4.98 Å². The number of fused-ring (bicyclic) bond motifs is 1. The van der Waals surface area contributed by atoms with E-state index >= 15 is 0 Å². The van der Waals surface area contributed by atoms with Crippen LogP contribution in [0.2, 0.25) is 0 Å². The minimum Gasteiger partial charge on any atom is -0.380 e. The first-order valence-corrected chi connectivity index (χ1v) is 8.69. The van der Waals surface area contributed by atoms with Crippen molar-refractivity contribution in [2.75, 3.05) is 12.4 Å². The Morgan fingerprint density at radius 2 is 2.04 bits per heavy atom. The van der Waals surface area contributed by atoms with E-state index in [0.29, 0.717) is 29.3 Å². The second-order valence-electron chi connectivity index (χ2n) is 6.27. The molecule has 2 aromatic carbocycles. The number of anilines is 2. The van der Waals surface area contributed by atoms with Crippen LogP contribution in [0.25, 0.3) is 16.9 Å². The van der Waals surface area contributed by atoms with E-state index in [9.17, 15) is 4.79 Å². The predicted molar refractivity (Wildman–Crippen MR) is 105 cm³/mol. The summed E-state index contributed by atoms with van der Waals surface area (Å²) in [6, 6.07) is 15.0. The number of nitrogens with one attached hydrogen (secondary N) is 1. The smallest absolute Gasteiger partial charge is 0.229 e. The third-order valence-electron chi connectivity index (χ3n) is 4.18. The lowest BCUT2D eigenvalue weighted by molar-refractivity contribution is 0.101. The van der Waals surface area contributed by atoms with Crippen LogP contribution in [0.1, 0.15) is 22.8 Å². The zero-order chi connectivity index (χ0) is 19.5. The van der Waals surface area contributed by atoms with Crippen LogP contribution in [0.3, 0.4) is 0 Å². The van der Waals surface area contributed by atoms with Crippen molar-refractivity contribution in [2.45, 2.75) is 13.5 Å². The summed E-state index contributed by atoms with van der Waals surface area (Å²) in [6.07, 6.45) is 1.61. The Morgan fingerprint density at radius 1 is 1.18 bits per heavy atom. The third-order valence-corrected chi connectivity index (χ3v) is 4.18. The molecule has 8 nitrogen and oxygen atoms in total. The number of methoxy groups -OCH3 is 1. The van der Waals surface area contributed by atoms with Crippen molar-refractivity contribution < 1.29 is 9.53 Å². The summed E-state index contributed by atoms with van der Waals surface area (Å²) in [6.45, 7) is 2.04. The highest BCUT2D eigenvalue weighted by Gasteiger charge is 2.11. The van der Waals surface area contributed by atoms with Gasteiger partial charge >= 0.3 is 0 Å². The molecule has 0 saturated heterocycles. The Hall–Kier alpha value is -3.65. The summed E-state index contributed by atoms with van der Waals surface area (Å²) in [4.78, 5) is 20.4. The van der Waals surface area contributed by atoms with Gasteiger partial charge < -0.3 is 10.1 Å². The Bertz CT molecular complexity index is 1150. The molecule has 0 amide bonds. The van der Waals surface area contributed by atoms with Gasteiger partial charge in [-0.3, -0.25) is 4.79 Å². The van der Waals surface area contributed by atoms with Crippen molar-refractivity contribution in [1.82, 2.24) is 25.0 Å². The van der Waals surface area contributed by atoms with Crippen LogP contribution >= 0.6 is 0 Å². The van der Waals surface area contributed by atoms with Gasteiger partial charge in [-0.1, -0.05) is 29.5 Å². The molecule has 0 spiro atoms. The number of ketones is 1. The molecular formula is C20H18N6O2. The number of ether oxygens (including phenoxy) is 1. The molecule has 0 saturated carbocycles. The van der Waals surface area contributed by atoms with Crippen molar-refractivity contribution in [3.63, 3.8) is 0 Å². The van der Waals surface area contributed by atoms with Gasteiger partial charge in [0.2, 0.25) is 5.95 Å². The molecule has 2 heterocycles. The summed E-state index contributed by atoms with van der Waals surface area (Å²) < 4.78 is 6.85. The lowest BCUT2D eigenvalue weighted by Gasteiger charge is -2.07. The van der Waals surface area contributed by atoms with Crippen molar-refractivity contribution >= 4 is 28.6 Å². The normalized spacial score (nSPS) is 10.9. The number of carbonyl (C=O) groups is 1. The zero-order valence-electron chi connectivity index (χ0n) is 15.5. The molecule has 4 rings (SSSR count). The standard InChI is InChI=1S/C20H18N6O2/c1-13(27)15-6-4-7-16(10-15)22-20-21-11-18-19(23-20)26(25-24-18)17-8-3-5-14(9-17)12-28-2/h3-11H,12H2,1-2H3,(H,21,22,23). The second-order valence-corrected chi connectivity index (χ2v) is 6.27. The molecule has 0 aliphatic rings. The molecule has 0 aliphatic heterocycles. The van der Waals surface area contributed by atoms with Gasteiger partial charge in [0.1, 0.15) is 0 Å². The zero-order valence-corrected chi connectivity index (χ0v) is 15.5. The van der Waals surface area contributed by atoms with Gasteiger partial charge in [-0.15, -0.1) is 5.10 Å². The number of carbonyl (C=O) groups excluding carboxylic acids is 1. The molecule has 8 heteroatoms. The molecule has 1 N–H and O–H groups in total. The second kappa shape index (κ2) is 7.53. The largest absolute Gasteiger partial charge is 0.380 e. The first-order chi connectivity index (χ1) is 13.6. The minimum atomic E-state index is -0.00163. The number of aromatic nitrogens is 5. The lowest BCUT2D eigenvalue weighted by atomic mass is 10.1. The maximum atomic E-state index is 11.6. The summed E-state index contributed by atoms with van der Waals surface area (Å²) in [5.41, 5.74) is 4.37. The minimum absolute atomic E-state index is 0.00163. The number of hydrogen-bond acceptors (Lipinski definition) is 7. The molecule has 0 fully saturated rings. The molecule has 0 radical (unpaired) electrons. The predicted octanol–water partition coefficient (Wildman–Crippen LogP) is 3.30. The van der Waals surface area contributed by atoms with Crippen LogP contribution in [0.15, 0.2) is 54.7 Å². The van der Waals surface area contributed by atoms with Gasteiger partial charge in [0, 0.05) is 18.4 Å². The van der Waals surface area contributed by atoms with Gasteiger partial charge in [-0.05, 0) is 36.8 Å². The van der Waals surface area contributed by atoms with Crippen molar-refractivity contribution in [2.24, 2.45) is 0 Å². The maximum absolute atomic E-state index is 11.6. The number of Topliss-reactive ketones (excluding diaryl/α,β-unsaturated/α-hetero) is 1. The van der Waals surface area contributed by atoms with Gasteiger partial charge in [0.25, 0.3) is 0 Å². The lowest BCUT2D eigenvalue weighted by Crippen LogP contribution is -2.02. The quantitative estimate of drug-likeness (QED) is 0.517. The fourth-order valence-electron chi connectivity index (χ4n) is 2.85. The highest BCUT2D eigenvalue weighted by molar-refractivity contribution is 5.95. The molecule has 2 aromatic heterocycles. The summed E-state index contributed by atoms with van der Waals surface area (Å²) in [5, 5.41) is 11.5. The van der Waals surface area contributed by atoms with E-state index in [0.717, 1.165) is 16.9 Å². The van der Waals surface area contributed by atoms with E-state index in [-0.39, 0.29) is 5.78 Å². The maximum Gasteiger partial charge on any atom is 0.229 e. The van der Waals surface area contributed by atoms with E-state index in [1.165, 1.54) is 6.92 Å². The molecule has 28 heavy (non-hydrogen) atoms. The van der Waals surface area contributed by atoms with E-state index in [1.54, 1.807) is 30.1 Å². The van der Waals surface area contributed by atoms with E-state index in [1.807, 2.05) is 36.4 Å². The molecular weight excluding hydrogens is 356 g/mol. The average molecular weight is 374 g/mol. The monoisotopic (exact) mass is 374 g/mol. The molecule has 0 aliphatic carbocycles. The van der Waals surface area contributed by atoms with Gasteiger partial charge in [0.05, 0.1) is 18.5 Å². The number of nitrogens with zero attached hydrogens (tertiary/aromatic N) is 5. The number of benzene rings is 2. The van der Waals surface area contributed by atoms with Crippen LogP contribution < -0.4 is 5.32 Å². The SMILES string of the molecule is COCc1cccc(-n2nnc3cnc(Nc4cccc(C(C)=O)c4)nc32)c1. The molecule has 0 atom stereocenters. The van der Waals surface area contributed by atoms with Gasteiger partial charge in [-0.2, -0.15) is 9.67 Å². The molecule has 0 bridgehead atoms. The third kappa shape index (κ3) is 3.58. The Morgan fingerprint density at radius 3 is 2.86 bits per heavy atom. The van der Waals surface area contributed by atoms with Crippen LogP contribution in [0.5, 0.6) is 0 Å². The van der Waals surface area contributed by atoms with Crippen molar-refractivity contribution in [1.29, 1.82) is 0 Å². The molecule has 4 aromatic rings. The summed E-state index contributed by atoms with van der Waals surface area (Å²) in [5.74, 6) is 0.392. The van der Waals surface area contributed by atoms with Crippen LogP contribution in [0, 0.1) is 0 Å². The topological polar surface area (TPSA) is 94.8 Å². The van der Waals surface area contributed by atoms with Gasteiger partial charge in [0.15, 0.2) is 16.9 Å². The van der Waals surface area contributed by atoms with Crippen LogP contribution in [-0.2, 0) is 11.3 Å². The van der Waals surface area contributed by atoms with E-state index in [4.69, 9.17) is 4.74 Å². The highest BCUT2D eigenvalue weighted by atomic mass is 16.5. The van der Waals surface area contributed by atoms with E-state index < -0.39 is 0 Å². The fraction of sp³-hybridized carbons (Fsp3) is 0.150. The fourth-order valence-corrected chi connectivity index (χ4v) is 2.85. The van der Waals surface area contributed by atoms with Crippen LogP contribution in [0.4, 0.5) is 11.6 Å². The van der Waals surface area contributed by atoms with Crippen molar-refractivity contribution in [3.8, 4) is 5.69 Å². The molecule has 140 valence electrons. The number of rotatable bonds is 6. The van der Waals surface area contributed by atoms with E-state index in [2.05, 4.69) is 25.6 Å². The highest BCUT2D eigenvalue weighted by Crippen LogP contribution is 2.19. The van der Waals surface area contributed by atoms with Crippen molar-refractivity contribution in [3.05, 3.63) is 65.9 Å². The molecule has 0 unspecified atom stereocenters. The summed E-state index contributed by atoms with van der Waals surface area (Å²) >= 11 is 0.